The van der Waals surface area contributed by atoms with E-state index in [1.165, 1.54) is 42.6 Å². The summed E-state index contributed by atoms with van der Waals surface area (Å²) in [5.74, 6) is 0.896. The number of hydrogen-bond donors (Lipinski definition) is 1. The van der Waals surface area contributed by atoms with Crippen LogP contribution in [0.1, 0.15) is 26.2 Å². The SMILES string of the molecule is CCC1CCN2c3c(cnc4ccccc34)NCC2C1. The number of fused-ring (bicyclic) bond motifs is 5. The molecular weight excluding hydrogens is 246 g/mol. The number of aromatic nitrogens is 1. The van der Waals surface area contributed by atoms with Gasteiger partial charge < -0.3 is 10.2 Å². The Kier molecular flexibility index (Phi) is 2.79. The number of benzene rings is 1. The minimum absolute atomic E-state index is 0.645. The van der Waals surface area contributed by atoms with Gasteiger partial charge in [0.2, 0.25) is 0 Å². The van der Waals surface area contributed by atoms with E-state index < -0.39 is 0 Å². The predicted octanol–water partition coefficient (Wildman–Crippen LogP) is 3.66. The zero-order valence-corrected chi connectivity index (χ0v) is 12.0. The van der Waals surface area contributed by atoms with E-state index in [0.717, 1.165) is 18.0 Å². The van der Waals surface area contributed by atoms with Gasteiger partial charge in [-0.3, -0.25) is 4.98 Å². The standard InChI is InChI=1S/C17H21N3/c1-2-12-7-8-20-13(9-12)10-18-16-11-19-15-6-4-3-5-14(15)17(16)20/h3-6,11-13,18H,2,7-10H2,1H3. The number of para-hydroxylation sites is 1. The zero-order chi connectivity index (χ0) is 13.5. The molecule has 1 N–H and O–H groups in total. The first kappa shape index (κ1) is 12.0. The molecule has 2 aliphatic heterocycles. The van der Waals surface area contributed by atoms with Crippen molar-refractivity contribution in [2.45, 2.75) is 32.2 Å². The molecule has 3 heterocycles. The van der Waals surface area contributed by atoms with Gasteiger partial charge in [0.15, 0.2) is 0 Å². The van der Waals surface area contributed by atoms with Crippen LogP contribution < -0.4 is 10.2 Å². The van der Waals surface area contributed by atoms with Crippen molar-refractivity contribution in [3.63, 3.8) is 0 Å². The molecule has 104 valence electrons. The normalized spacial score (nSPS) is 24.9. The van der Waals surface area contributed by atoms with Gasteiger partial charge in [0.25, 0.3) is 0 Å². The first-order chi connectivity index (χ1) is 9.86. The molecule has 1 aromatic heterocycles. The quantitative estimate of drug-likeness (QED) is 0.854. The lowest BCUT2D eigenvalue weighted by Gasteiger charge is -2.45. The van der Waals surface area contributed by atoms with Gasteiger partial charge in [-0.15, -0.1) is 0 Å². The molecule has 2 unspecified atom stereocenters. The minimum atomic E-state index is 0.645. The van der Waals surface area contributed by atoms with Crippen molar-refractivity contribution >= 4 is 22.3 Å². The molecule has 20 heavy (non-hydrogen) atoms. The third-order valence-electron chi connectivity index (χ3n) is 4.96. The summed E-state index contributed by atoms with van der Waals surface area (Å²) in [4.78, 5) is 7.20. The monoisotopic (exact) mass is 267 g/mol. The molecule has 0 spiro atoms. The molecule has 0 bridgehead atoms. The Labute approximate surface area is 120 Å². The topological polar surface area (TPSA) is 28.2 Å². The van der Waals surface area contributed by atoms with E-state index in [9.17, 15) is 0 Å². The van der Waals surface area contributed by atoms with Crippen molar-refractivity contribution in [1.82, 2.24) is 4.98 Å². The largest absolute Gasteiger partial charge is 0.380 e. The second-order valence-corrected chi connectivity index (χ2v) is 6.06. The van der Waals surface area contributed by atoms with Gasteiger partial charge in [-0.1, -0.05) is 31.5 Å². The molecule has 1 saturated heterocycles. The summed E-state index contributed by atoms with van der Waals surface area (Å²) < 4.78 is 0. The first-order valence-electron chi connectivity index (χ1n) is 7.75. The summed E-state index contributed by atoms with van der Waals surface area (Å²) in [7, 11) is 0. The van der Waals surface area contributed by atoms with Gasteiger partial charge in [0.1, 0.15) is 0 Å². The van der Waals surface area contributed by atoms with Crippen LogP contribution in [0.3, 0.4) is 0 Å². The first-order valence-corrected chi connectivity index (χ1v) is 7.75. The van der Waals surface area contributed by atoms with E-state index in [2.05, 4.69) is 46.4 Å². The van der Waals surface area contributed by atoms with Crippen molar-refractivity contribution in [2.75, 3.05) is 23.3 Å². The van der Waals surface area contributed by atoms with E-state index in [0.29, 0.717) is 6.04 Å². The summed E-state index contributed by atoms with van der Waals surface area (Å²) in [5, 5.41) is 4.88. The second kappa shape index (κ2) is 4.65. The Balaban J connectivity index is 1.81. The lowest BCUT2D eigenvalue weighted by molar-refractivity contribution is 0.336. The maximum Gasteiger partial charge on any atom is 0.0772 e. The number of nitrogens with zero attached hydrogens (tertiary/aromatic N) is 2. The van der Waals surface area contributed by atoms with Crippen molar-refractivity contribution in [2.24, 2.45) is 5.92 Å². The Bertz CT molecular complexity index is 637. The van der Waals surface area contributed by atoms with Crippen molar-refractivity contribution in [3.8, 4) is 0 Å². The molecule has 2 aromatic rings. The molecule has 0 amide bonds. The molecule has 0 radical (unpaired) electrons. The van der Waals surface area contributed by atoms with E-state index >= 15 is 0 Å². The average molecular weight is 267 g/mol. The lowest BCUT2D eigenvalue weighted by atomic mass is 9.87. The molecule has 2 atom stereocenters. The van der Waals surface area contributed by atoms with E-state index in [-0.39, 0.29) is 0 Å². The highest BCUT2D eigenvalue weighted by atomic mass is 15.2. The average Bonchev–Trinajstić information content (AvgIpc) is 2.53. The fraction of sp³-hybridized carbons (Fsp3) is 0.471. The maximum absolute atomic E-state index is 4.57. The number of pyridine rings is 1. The van der Waals surface area contributed by atoms with Crippen LogP contribution in [0.15, 0.2) is 30.5 Å². The van der Waals surface area contributed by atoms with Crippen molar-refractivity contribution in [1.29, 1.82) is 0 Å². The van der Waals surface area contributed by atoms with Crippen LogP contribution in [0.4, 0.5) is 11.4 Å². The molecule has 0 saturated carbocycles. The van der Waals surface area contributed by atoms with Gasteiger partial charge in [0.05, 0.1) is 23.1 Å². The number of nitrogens with one attached hydrogen (secondary N) is 1. The Morgan fingerprint density at radius 3 is 3.15 bits per heavy atom. The highest BCUT2D eigenvalue weighted by molar-refractivity contribution is 5.99. The second-order valence-electron chi connectivity index (χ2n) is 6.06. The number of hydrogen-bond acceptors (Lipinski definition) is 3. The van der Waals surface area contributed by atoms with E-state index in [4.69, 9.17) is 0 Å². The van der Waals surface area contributed by atoms with Gasteiger partial charge in [0, 0.05) is 24.5 Å². The summed E-state index contributed by atoms with van der Waals surface area (Å²) in [5.41, 5.74) is 3.68. The number of piperidine rings is 1. The summed E-state index contributed by atoms with van der Waals surface area (Å²) >= 11 is 0. The number of rotatable bonds is 1. The highest BCUT2D eigenvalue weighted by Gasteiger charge is 2.33. The molecule has 1 aromatic carbocycles. The zero-order valence-electron chi connectivity index (χ0n) is 12.0. The fourth-order valence-electron chi connectivity index (χ4n) is 3.79. The van der Waals surface area contributed by atoms with Gasteiger partial charge in [-0.05, 0) is 24.8 Å². The molecule has 4 rings (SSSR count). The summed E-state index contributed by atoms with van der Waals surface area (Å²) in [6, 6.07) is 9.15. The van der Waals surface area contributed by atoms with Crippen LogP contribution >= 0.6 is 0 Å². The molecule has 2 aliphatic rings. The van der Waals surface area contributed by atoms with Crippen LogP contribution in [0.25, 0.3) is 10.9 Å². The van der Waals surface area contributed by atoms with Crippen LogP contribution in [0, 0.1) is 5.92 Å². The predicted molar refractivity (Wildman–Crippen MR) is 84.4 cm³/mol. The Morgan fingerprint density at radius 1 is 1.35 bits per heavy atom. The maximum atomic E-state index is 4.57. The minimum Gasteiger partial charge on any atom is -0.380 e. The van der Waals surface area contributed by atoms with Crippen molar-refractivity contribution < 1.29 is 0 Å². The fourth-order valence-corrected chi connectivity index (χ4v) is 3.79. The van der Waals surface area contributed by atoms with Gasteiger partial charge in [-0.2, -0.15) is 0 Å². The van der Waals surface area contributed by atoms with Crippen molar-refractivity contribution in [3.05, 3.63) is 30.5 Å². The van der Waals surface area contributed by atoms with Crippen LogP contribution in [0.2, 0.25) is 0 Å². The smallest absolute Gasteiger partial charge is 0.0772 e. The van der Waals surface area contributed by atoms with Crippen LogP contribution in [-0.4, -0.2) is 24.1 Å². The molecular formula is C17H21N3. The molecule has 3 heteroatoms. The molecule has 3 nitrogen and oxygen atoms in total. The van der Waals surface area contributed by atoms with Crippen LogP contribution in [-0.2, 0) is 0 Å². The van der Waals surface area contributed by atoms with Gasteiger partial charge in [-0.25, -0.2) is 0 Å². The highest BCUT2D eigenvalue weighted by Crippen LogP contribution is 2.41. The lowest BCUT2D eigenvalue weighted by Crippen LogP contribution is -2.49. The summed E-state index contributed by atoms with van der Waals surface area (Å²) in [6.45, 7) is 4.57. The Morgan fingerprint density at radius 2 is 2.25 bits per heavy atom. The molecule has 1 fully saturated rings. The number of anilines is 2. The molecule has 0 aliphatic carbocycles. The van der Waals surface area contributed by atoms with E-state index in [1.807, 2.05) is 6.20 Å². The van der Waals surface area contributed by atoms with Crippen LogP contribution in [0.5, 0.6) is 0 Å². The van der Waals surface area contributed by atoms with E-state index in [1.54, 1.807) is 0 Å². The Hall–Kier alpha value is -1.77. The third kappa shape index (κ3) is 1.76. The third-order valence-corrected chi connectivity index (χ3v) is 4.96. The summed E-state index contributed by atoms with van der Waals surface area (Å²) in [6.07, 6.45) is 5.96. The van der Waals surface area contributed by atoms with Gasteiger partial charge >= 0.3 is 0 Å².